The van der Waals surface area contributed by atoms with Crippen LogP contribution in [0.15, 0.2) is 0 Å². The van der Waals surface area contributed by atoms with Crippen LogP contribution >= 0.6 is 58.8 Å². The minimum absolute atomic E-state index is 0. The van der Waals surface area contributed by atoms with Gasteiger partial charge in [0.2, 0.25) is 0 Å². The summed E-state index contributed by atoms with van der Waals surface area (Å²) in [4.78, 5) is 0. The molecule has 0 bridgehead atoms. The van der Waals surface area contributed by atoms with Crippen molar-refractivity contribution in [3.8, 4) is 0 Å². The first kappa shape index (κ1) is 81.9. The average molecular weight is 1200 g/mol. The van der Waals surface area contributed by atoms with Crippen LogP contribution < -0.4 is 148 Å². The molecule has 5 unspecified atom stereocenters. The van der Waals surface area contributed by atoms with Crippen LogP contribution in [0.4, 0.5) is 0 Å². The number of rotatable bonds is 41. The van der Waals surface area contributed by atoms with Gasteiger partial charge in [0.25, 0.3) is 0 Å². The Balaban J connectivity index is -0.00000256. The van der Waals surface area contributed by atoms with Gasteiger partial charge >= 0.3 is 148 Å². The van der Waals surface area contributed by atoms with E-state index in [0.717, 1.165) is 0 Å². The van der Waals surface area contributed by atoms with Gasteiger partial charge in [0.1, 0.15) is 24.4 Å². The van der Waals surface area contributed by atoms with Gasteiger partial charge < -0.3 is 51.2 Å². The van der Waals surface area contributed by atoms with Gasteiger partial charge in [0.15, 0.2) is 6.29 Å². The molecule has 0 aromatic carbocycles. The second kappa shape index (κ2) is 46.9. The summed E-state index contributed by atoms with van der Waals surface area (Å²) in [5, 5.41) is 0. The van der Waals surface area contributed by atoms with Gasteiger partial charge in [-0.15, -0.1) is 0 Å². The minimum Gasteiger partial charge on any atom is -0.748 e. The molecule has 1 heterocycles. The zero-order valence-corrected chi connectivity index (χ0v) is 57.1. The van der Waals surface area contributed by atoms with Crippen molar-refractivity contribution in [3.63, 3.8) is 0 Å². The molecule has 0 spiro atoms. The fraction of sp³-hybridized carbons (Fsp3) is 1.00. The Labute approximate surface area is 530 Å². The van der Waals surface area contributed by atoms with Gasteiger partial charge in [-0.2, -0.15) is 58.8 Å². The first-order valence-electron chi connectivity index (χ1n) is 19.2. The van der Waals surface area contributed by atoms with Crippen LogP contribution in [0.2, 0.25) is 0 Å². The fourth-order valence-corrected chi connectivity index (χ4v) is 14.1. The number of thioether (sulfide) groups is 5. The van der Waals surface area contributed by atoms with Crippen molar-refractivity contribution in [2.75, 3.05) is 126 Å². The van der Waals surface area contributed by atoms with Crippen molar-refractivity contribution in [2.45, 2.75) is 62.8 Å². The summed E-state index contributed by atoms with van der Waals surface area (Å²) >= 11 is 6.28. The van der Waals surface area contributed by atoms with Crippen molar-refractivity contribution in [2.24, 2.45) is 0 Å². The molecular weight excluding hydrogens is 1140 g/mol. The van der Waals surface area contributed by atoms with Crippen molar-refractivity contribution in [3.05, 3.63) is 0 Å². The predicted molar refractivity (Wildman–Crippen MR) is 237 cm³/mol. The number of hydrogen-bond donors (Lipinski definition) is 0. The predicted octanol–water partition coefficient (Wildman–Crippen LogP) is -14.7. The number of hydrogen-bond acceptors (Lipinski definition) is 26. The molecule has 0 saturated carbocycles. The van der Waals surface area contributed by atoms with Gasteiger partial charge in [-0.05, 0) is 60.9 Å². The van der Waals surface area contributed by atoms with Crippen molar-refractivity contribution in [1.82, 2.24) is 0 Å². The molecule has 36 heteroatoms. The maximum Gasteiger partial charge on any atom is 1.00 e. The molecule has 372 valence electrons. The molecule has 0 aliphatic carbocycles. The largest absolute Gasteiger partial charge is 1.00 e. The third-order valence-electron chi connectivity index (χ3n) is 7.78. The van der Waals surface area contributed by atoms with E-state index in [1.807, 2.05) is 0 Å². The third-order valence-corrected chi connectivity index (χ3v) is 17.9. The second-order valence-corrected chi connectivity index (χ2v) is 26.9. The summed E-state index contributed by atoms with van der Waals surface area (Å²) in [6, 6.07) is 0. The van der Waals surface area contributed by atoms with Gasteiger partial charge in [-0.3, -0.25) is 0 Å². The van der Waals surface area contributed by atoms with Crippen LogP contribution in [0.5, 0.6) is 0 Å². The van der Waals surface area contributed by atoms with Gasteiger partial charge in [-0.1, -0.05) is 0 Å². The van der Waals surface area contributed by atoms with Crippen LogP contribution in [-0.2, 0) is 79.0 Å². The monoisotopic (exact) mass is 1200 g/mol. The molecular formula is C31H57Na5O21S10. The van der Waals surface area contributed by atoms with E-state index in [9.17, 15) is 64.9 Å². The van der Waals surface area contributed by atoms with E-state index in [0.29, 0.717) is 60.9 Å². The summed E-state index contributed by atoms with van der Waals surface area (Å²) in [6.45, 7) is 0.661. The van der Waals surface area contributed by atoms with Crippen molar-refractivity contribution >= 4 is 109 Å². The van der Waals surface area contributed by atoms with Crippen LogP contribution in [0.3, 0.4) is 0 Å². The van der Waals surface area contributed by atoms with E-state index in [4.69, 9.17) is 28.4 Å². The topological polar surface area (TPSA) is 341 Å². The Hall–Kier alpha value is 6.06. The molecule has 1 fully saturated rings. The van der Waals surface area contributed by atoms with Crippen LogP contribution in [0, 0.1) is 0 Å². The summed E-state index contributed by atoms with van der Waals surface area (Å²) in [6.07, 6.45) is -2.39. The summed E-state index contributed by atoms with van der Waals surface area (Å²) in [5.41, 5.74) is 0. The van der Waals surface area contributed by atoms with E-state index < -0.39 is 110 Å². The van der Waals surface area contributed by atoms with E-state index in [1.54, 1.807) is 0 Å². The normalized spacial score (nSPS) is 19.0. The molecule has 0 N–H and O–H groups in total. The minimum atomic E-state index is -4.38. The summed E-state index contributed by atoms with van der Waals surface area (Å²) in [7, 11) is -21.8. The molecule has 0 aromatic rings. The second-order valence-electron chi connectivity index (χ2n) is 13.1. The van der Waals surface area contributed by atoms with Crippen LogP contribution in [-0.4, -0.2) is 221 Å². The van der Waals surface area contributed by atoms with Gasteiger partial charge in [0.05, 0.1) is 63.8 Å². The molecule has 0 aromatic heterocycles. The smallest absolute Gasteiger partial charge is 0.748 e. The Morgan fingerprint density at radius 2 is 0.627 bits per heavy atom. The Morgan fingerprint density at radius 3 is 0.940 bits per heavy atom. The summed E-state index contributed by atoms with van der Waals surface area (Å²) < 4.78 is 202. The molecule has 1 aliphatic rings. The Kier molecular flexibility index (Phi) is 57.4. The van der Waals surface area contributed by atoms with Crippen molar-refractivity contribution < 1.29 is 241 Å². The molecule has 67 heavy (non-hydrogen) atoms. The quantitative estimate of drug-likeness (QED) is 0.0312. The van der Waals surface area contributed by atoms with E-state index in [2.05, 4.69) is 0 Å². The summed E-state index contributed by atoms with van der Waals surface area (Å²) in [5.74, 6) is 0.200. The molecule has 1 saturated heterocycles. The fourth-order valence-electron chi connectivity index (χ4n) is 4.99. The maximum atomic E-state index is 11.0. The van der Waals surface area contributed by atoms with Crippen LogP contribution in [0.1, 0.15) is 32.1 Å². The van der Waals surface area contributed by atoms with Gasteiger partial charge in [0, 0.05) is 84.0 Å². The average Bonchev–Trinajstić information content (AvgIpc) is 3.13. The molecule has 21 nitrogen and oxygen atoms in total. The molecule has 1 rings (SSSR count). The molecule has 0 amide bonds. The number of ether oxygens (including phenoxy) is 6. The van der Waals surface area contributed by atoms with Gasteiger partial charge in [-0.25, -0.2) is 42.1 Å². The Morgan fingerprint density at radius 1 is 0.358 bits per heavy atom. The molecule has 5 atom stereocenters. The zero-order valence-electron chi connectivity index (χ0n) is 38.9. The Bertz CT molecular complexity index is 1760. The van der Waals surface area contributed by atoms with E-state index >= 15 is 0 Å². The first-order chi connectivity index (χ1) is 29.0. The van der Waals surface area contributed by atoms with E-state index in [1.165, 1.54) is 58.8 Å². The first-order valence-corrected chi connectivity index (χ1v) is 32.9. The maximum absolute atomic E-state index is 11.0. The zero-order chi connectivity index (χ0) is 46.5. The third kappa shape index (κ3) is 52.5. The van der Waals surface area contributed by atoms with E-state index in [-0.39, 0.29) is 216 Å². The molecule has 0 radical (unpaired) electrons. The SMILES string of the molecule is O=S(=O)([O-])CCSCCCOCC1OC(OCCCSCCS(=O)(=O)[O-])C(OCCCSCCS(=O)(=O)[O-])C(OCCCSCCS(=O)(=O)[O-])C1OCCCSCCS(=O)(=O)[O-].[Na+].[Na+].[Na+].[Na+].[Na+]. The van der Waals surface area contributed by atoms with Crippen LogP contribution in [0.25, 0.3) is 0 Å². The van der Waals surface area contributed by atoms with Crippen molar-refractivity contribution in [1.29, 1.82) is 0 Å². The molecule has 1 aliphatic heterocycles. The standard InChI is InChI=1S/C31H62O21S10.5Na/c32-58(33,34)21-16-53-11-1-6-47-26-27-28(48-7-2-12-54-17-22-59(35,36)37)29(49-8-3-13-55-18-23-60(38,39)40)30(50-9-4-14-56-19-24-61(41,42)43)31(52-27)51-10-5-15-57-20-25-62(44,45)46;;;;;/h27-31H,1-26H2,(H,32,33,34)(H,35,36,37)(H,38,39,40)(H,41,42,43)(H,44,45,46);;;;;/q;5*+1/p-5.